The maximum atomic E-state index is 10.9. The monoisotopic (exact) mass is 282 g/mol. The van der Waals surface area contributed by atoms with Gasteiger partial charge in [-0.25, -0.2) is 9.78 Å². The van der Waals surface area contributed by atoms with Crippen LogP contribution >= 0.6 is 0 Å². The first-order valence-corrected chi connectivity index (χ1v) is 6.71. The van der Waals surface area contributed by atoms with Gasteiger partial charge in [0.15, 0.2) is 0 Å². The van der Waals surface area contributed by atoms with Crippen molar-refractivity contribution in [1.29, 1.82) is 5.26 Å². The summed E-state index contributed by atoms with van der Waals surface area (Å²) in [6.45, 7) is 1.02. The highest BCUT2D eigenvalue weighted by atomic mass is 16.4. The van der Waals surface area contributed by atoms with Gasteiger partial charge in [0, 0.05) is 24.5 Å². The van der Waals surface area contributed by atoms with Crippen LogP contribution in [0.15, 0.2) is 30.3 Å². The fourth-order valence-corrected chi connectivity index (χ4v) is 2.54. The summed E-state index contributed by atoms with van der Waals surface area (Å²) < 4.78 is 0. The molecular weight excluding hydrogens is 268 g/mol. The number of benzene rings is 1. The molecule has 6 nitrogen and oxygen atoms in total. The number of hydrogen-bond donors (Lipinski definition) is 2. The molecule has 3 rings (SSSR count). The average Bonchev–Trinajstić information content (AvgIpc) is 2.95. The van der Waals surface area contributed by atoms with E-state index in [-0.39, 0.29) is 6.04 Å². The molecule has 1 atom stereocenters. The van der Waals surface area contributed by atoms with E-state index in [1.165, 1.54) is 4.90 Å². The van der Waals surface area contributed by atoms with Crippen molar-refractivity contribution < 1.29 is 9.90 Å². The Morgan fingerprint density at radius 3 is 3.00 bits per heavy atom. The fourth-order valence-electron chi connectivity index (χ4n) is 2.54. The van der Waals surface area contributed by atoms with Crippen LogP contribution in [0, 0.1) is 11.3 Å². The van der Waals surface area contributed by atoms with Gasteiger partial charge in [0.25, 0.3) is 0 Å². The molecular formula is C15H14N4O2. The Morgan fingerprint density at radius 2 is 2.29 bits per heavy atom. The number of nitrogens with zero attached hydrogens (tertiary/aromatic N) is 3. The van der Waals surface area contributed by atoms with Crippen molar-refractivity contribution in [1.82, 2.24) is 9.88 Å². The molecule has 21 heavy (non-hydrogen) atoms. The summed E-state index contributed by atoms with van der Waals surface area (Å²) in [5, 5.41) is 22.0. The number of carboxylic acid groups (broad SMARTS) is 1. The molecule has 2 heterocycles. The molecule has 106 valence electrons. The van der Waals surface area contributed by atoms with E-state index in [4.69, 9.17) is 10.4 Å². The number of rotatable bonds is 2. The SMILES string of the molecule is N#Cc1ccc2nc(NC3CCN(C(=O)O)C3)ccc2c1. The number of hydrogen-bond acceptors (Lipinski definition) is 4. The van der Waals surface area contributed by atoms with E-state index in [1.807, 2.05) is 18.2 Å². The summed E-state index contributed by atoms with van der Waals surface area (Å²) >= 11 is 0. The zero-order chi connectivity index (χ0) is 14.8. The second kappa shape index (κ2) is 5.29. The zero-order valence-corrected chi connectivity index (χ0v) is 11.3. The molecule has 1 fully saturated rings. The Kier molecular flexibility index (Phi) is 3.32. The van der Waals surface area contributed by atoms with E-state index >= 15 is 0 Å². The van der Waals surface area contributed by atoms with Crippen LogP contribution < -0.4 is 5.32 Å². The van der Waals surface area contributed by atoms with Gasteiger partial charge in [0.2, 0.25) is 0 Å². The molecule has 0 radical (unpaired) electrons. The van der Waals surface area contributed by atoms with Gasteiger partial charge < -0.3 is 15.3 Å². The number of anilines is 1. The summed E-state index contributed by atoms with van der Waals surface area (Å²) in [5.41, 5.74) is 1.42. The Labute approximate surface area is 121 Å². The predicted molar refractivity (Wildman–Crippen MR) is 78.1 cm³/mol. The first-order valence-electron chi connectivity index (χ1n) is 6.71. The highest BCUT2D eigenvalue weighted by Gasteiger charge is 2.25. The molecule has 1 unspecified atom stereocenters. The molecule has 0 bridgehead atoms. The molecule has 1 aliphatic rings. The molecule has 1 amide bonds. The molecule has 0 spiro atoms. The standard InChI is InChI=1S/C15H14N4O2/c16-8-10-1-3-13-11(7-10)2-4-14(18-13)17-12-5-6-19(9-12)15(20)21/h1-4,7,12H,5-6,9H2,(H,17,18)(H,20,21). The quantitative estimate of drug-likeness (QED) is 0.882. The number of carbonyl (C=O) groups is 1. The Balaban J connectivity index is 1.76. The minimum absolute atomic E-state index is 0.0874. The summed E-state index contributed by atoms with van der Waals surface area (Å²) in [5.74, 6) is 0.726. The molecule has 1 aliphatic heterocycles. The minimum atomic E-state index is -0.880. The maximum absolute atomic E-state index is 10.9. The zero-order valence-electron chi connectivity index (χ0n) is 11.3. The van der Waals surface area contributed by atoms with Crippen molar-refractivity contribution in [3.8, 4) is 6.07 Å². The van der Waals surface area contributed by atoms with Gasteiger partial charge in [-0.15, -0.1) is 0 Å². The molecule has 6 heteroatoms. The van der Waals surface area contributed by atoms with Crippen LogP contribution in [0.5, 0.6) is 0 Å². The molecule has 1 aromatic heterocycles. The summed E-state index contributed by atoms with van der Waals surface area (Å²) in [6, 6.07) is 11.3. The van der Waals surface area contributed by atoms with Crippen LogP contribution in [0.4, 0.5) is 10.6 Å². The van der Waals surface area contributed by atoms with Crippen molar-refractivity contribution in [2.45, 2.75) is 12.5 Å². The molecule has 2 N–H and O–H groups in total. The van der Waals surface area contributed by atoms with Crippen LogP contribution in [-0.2, 0) is 0 Å². The number of nitrogens with one attached hydrogen (secondary N) is 1. The molecule has 0 saturated carbocycles. The summed E-state index contributed by atoms with van der Waals surface area (Å²) in [7, 11) is 0. The maximum Gasteiger partial charge on any atom is 0.407 e. The van der Waals surface area contributed by atoms with Crippen LogP contribution in [0.2, 0.25) is 0 Å². The van der Waals surface area contributed by atoms with E-state index in [9.17, 15) is 4.79 Å². The van der Waals surface area contributed by atoms with Crippen LogP contribution in [0.25, 0.3) is 10.9 Å². The first kappa shape index (κ1) is 13.2. The number of nitriles is 1. The third kappa shape index (κ3) is 2.72. The third-order valence-electron chi connectivity index (χ3n) is 3.63. The van der Waals surface area contributed by atoms with Crippen LogP contribution in [-0.4, -0.2) is 40.2 Å². The predicted octanol–water partition coefficient (Wildman–Crippen LogP) is 2.27. The highest BCUT2D eigenvalue weighted by molar-refractivity contribution is 5.81. The molecule has 0 aliphatic carbocycles. The number of amides is 1. The van der Waals surface area contributed by atoms with E-state index in [1.54, 1.807) is 12.1 Å². The number of pyridine rings is 1. The summed E-state index contributed by atoms with van der Waals surface area (Å²) in [4.78, 5) is 16.8. The van der Waals surface area contributed by atoms with Crippen LogP contribution in [0.1, 0.15) is 12.0 Å². The number of aromatic nitrogens is 1. The van der Waals surface area contributed by atoms with Crippen LogP contribution in [0.3, 0.4) is 0 Å². The molecule has 2 aromatic rings. The molecule has 1 aromatic carbocycles. The van der Waals surface area contributed by atoms with Crippen molar-refractivity contribution in [2.24, 2.45) is 0 Å². The Morgan fingerprint density at radius 1 is 1.43 bits per heavy atom. The average molecular weight is 282 g/mol. The fraction of sp³-hybridized carbons (Fsp3) is 0.267. The minimum Gasteiger partial charge on any atom is -0.465 e. The van der Waals surface area contributed by atoms with Crippen molar-refractivity contribution in [2.75, 3.05) is 18.4 Å². The lowest BCUT2D eigenvalue weighted by Gasteiger charge is -2.14. The smallest absolute Gasteiger partial charge is 0.407 e. The van der Waals surface area contributed by atoms with Crippen molar-refractivity contribution in [3.63, 3.8) is 0 Å². The topological polar surface area (TPSA) is 89.3 Å². The largest absolute Gasteiger partial charge is 0.465 e. The Hall–Kier alpha value is -2.81. The number of likely N-dealkylation sites (tertiary alicyclic amines) is 1. The van der Waals surface area contributed by atoms with Gasteiger partial charge in [0.1, 0.15) is 5.82 Å². The summed E-state index contributed by atoms with van der Waals surface area (Å²) in [6.07, 6.45) is -0.103. The van der Waals surface area contributed by atoms with Gasteiger partial charge >= 0.3 is 6.09 Å². The Bertz CT molecular complexity index is 738. The lowest BCUT2D eigenvalue weighted by atomic mass is 10.1. The van der Waals surface area contributed by atoms with Gasteiger partial charge in [0.05, 0.1) is 17.1 Å². The molecule has 1 saturated heterocycles. The lowest BCUT2D eigenvalue weighted by Crippen LogP contribution is -2.30. The van der Waals surface area contributed by atoms with E-state index in [0.717, 1.165) is 23.1 Å². The third-order valence-corrected chi connectivity index (χ3v) is 3.63. The van der Waals surface area contributed by atoms with E-state index in [2.05, 4.69) is 16.4 Å². The van der Waals surface area contributed by atoms with Gasteiger partial charge in [-0.3, -0.25) is 0 Å². The van der Waals surface area contributed by atoms with Gasteiger partial charge in [-0.1, -0.05) is 0 Å². The number of fused-ring (bicyclic) bond motifs is 1. The second-order valence-corrected chi connectivity index (χ2v) is 5.07. The first-order chi connectivity index (χ1) is 10.2. The van der Waals surface area contributed by atoms with Gasteiger partial charge in [-0.05, 0) is 36.8 Å². The van der Waals surface area contributed by atoms with E-state index in [0.29, 0.717) is 18.7 Å². The lowest BCUT2D eigenvalue weighted by molar-refractivity contribution is 0.155. The van der Waals surface area contributed by atoms with Crippen molar-refractivity contribution in [3.05, 3.63) is 35.9 Å². The second-order valence-electron chi connectivity index (χ2n) is 5.07. The van der Waals surface area contributed by atoms with Crippen molar-refractivity contribution >= 4 is 22.8 Å². The highest BCUT2D eigenvalue weighted by Crippen LogP contribution is 2.19. The van der Waals surface area contributed by atoms with Gasteiger partial charge in [-0.2, -0.15) is 5.26 Å². The normalized spacial score (nSPS) is 17.7. The van der Waals surface area contributed by atoms with E-state index < -0.39 is 6.09 Å².